The van der Waals surface area contributed by atoms with E-state index in [-0.39, 0.29) is 40.7 Å². The van der Waals surface area contributed by atoms with E-state index < -0.39 is 34.4 Å². The van der Waals surface area contributed by atoms with Gasteiger partial charge in [0.05, 0.1) is 16.9 Å². The zero-order valence-electron chi connectivity index (χ0n) is 16.4. The Labute approximate surface area is 181 Å². The second-order valence-corrected chi connectivity index (χ2v) is 7.26. The molecule has 31 heavy (non-hydrogen) atoms. The minimum absolute atomic E-state index is 0. The van der Waals surface area contributed by atoms with Crippen LogP contribution in [0.5, 0.6) is 0 Å². The van der Waals surface area contributed by atoms with Gasteiger partial charge >= 0.3 is 5.97 Å². The van der Waals surface area contributed by atoms with Gasteiger partial charge in [-0.1, -0.05) is 0 Å². The van der Waals surface area contributed by atoms with Gasteiger partial charge in [-0.3, -0.25) is 4.79 Å². The number of anilines is 1. The number of aromatic nitrogens is 1. The summed E-state index contributed by atoms with van der Waals surface area (Å²) in [5.41, 5.74) is -1.34. The smallest absolute Gasteiger partial charge is 0.341 e. The maximum Gasteiger partial charge on any atom is 0.341 e. The summed E-state index contributed by atoms with van der Waals surface area (Å²) in [6.45, 7) is 3.63. The van der Waals surface area contributed by atoms with Crippen LogP contribution in [0.4, 0.5) is 18.9 Å². The van der Waals surface area contributed by atoms with Crippen LogP contribution in [0, 0.1) is 17.5 Å². The predicted molar refractivity (Wildman–Crippen MR) is 113 cm³/mol. The number of halogens is 4. The average molecular weight is 454 g/mol. The number of rotatable bonds is 3. The van der Waals surface area contributed by atoms with Crippen molar-refractivity contribution in [2.75, 3.05) is 24.5 Å². The molecular weight excluding hydrogens is 435 g/mol. The van der Waals surface area contributed by atoms with E-state index in [0.717, 1.165) is 29.0 Å². The Morgan fingerprint density at radius 1 is 1.13 bits per heavy atom. The largest absolute Gasteiger partial charge is 0.477 e. The average Bonchev–Trinajstić information content (AvgIpc) is 2.68. The van der Waals surface area contributed by atoms with Gasteiger partial charge in [0, 0.05) is 43.3 Å². The monoisotopic (exact) mass is 453 g/mol. The summed E-state index contributed by atoms with van der Waals surface area (Å²) in [5.74, 6) is -3.96. The first kappa shape index (κ1) is 22.6. The summed E-state index contributed by atoms with van der Waals surface area (Å²) in [5, 5.41) is 12.4. The summed E-state index contributed by atoms with van der Waals surface area (Å²) in [6, 6.07) is 5.30. The summed E-state index contributed by atoms with van der Waals surface area (Å²) in [7, 11) is 0. The first-order valence-corrected chi connectivity index (χ1v) is 9.32. The Bertz CT molecular complexity index is 1230. The van der Waals surface area contributed by atoms with Gasteiger partial charge in [0.1, 0.15) is 23.0 Å². The molecule has 0 unspecified atom stereocenters. The molecule has 2 heterocycles. The van der Waals surface area contributed by atoms with Crippen LogP contribution in [0.3, 0.4) is 0 Å². The highest BCUT2D eigenvalue weighted by Gasteiger charge is 2.23. The van der Waals surface area contributed by atoms with Crippen molar-refractivity contribution in [2.45, 2.75) is 13.0 Å². The normalized spacial score (nSPS) is 16.3. The number of carboxylic acids is 1. The minimum Gasteiger partial charge on any atom is -0.477 e. The topological polar surface area (TPSA) is 74.6 Å². The van der Waals surface area contributed by atoms with E-state index in [1.165, 1.54) is 6.07 Å². The van der Waals surface area contributed by atoms with Gasteiger partial charge < -0.3 is 19.9 Å². The Balaban J connectivity index is 0.00000272. The van der Waals surface area contributed by atoms with Crippen LogP contribution in [0.1, 0.15) is 17.3 Å². The quantitative estimate of drug-likeness (QED) is 0.636. The summed E-state index contributed by atoms with van der Waals surface area (Å²) in [4.78, 5) is 26.0. The van der Waals surface area contributed by atoms with Crippen LogP contribution >= 0.6 is 12.4 Å². The number of benzene rings is 2. The van der Waals surface area contributed by atoms with Gasteiger partial charge in [0.25, 0.3) is 0 Å². The minimum atomic E-state index is -1.53. The van der Waals surface area contributed by atoms with Gasteiger partial charge in [-0.05, 0) is 31.2 Å². The molecule has 0 bridgehead atoms. The van der Waals surface area contributed by atoms with Crippen LogP contribution in [0.25, 0.3) is 16.6 Å². The number of carbonyl (C=O) groups is 1. The van der Waals surface area contributed by atoms with Gasteiger partial charge in [-0.2, -0.15) is 0 Å². The van der Waals surface area contributed by atoms with E-state index in [0.29, 0.717) is 25.7 Å². The van der Waals surface area contributed by atoms with Crippen LogP contribution < -0.4 is 15.6 Å². The third kappa shape index (κ3) is 4.11. The van der Waals surface area contributed by atoms with E-state index in [1.54, 1.807) is 4.90 Å². The molecule has 0 aliphatic carbocycles. The van der Waals surface area contributed by atoms with E-state index in [4.69, 9.17) is 0 Å². The lowest BCUT2D eigenvalue weighted by molar-refractivity contribution is 0.0695. The van der Waals surface area contributed by atoms with Crippen molar-refractivity contribution >= 4 is 35.0 Å². The number of fused-ring (bicyclic) bond motifs is 1. The lowest BCUT2D eigenvalue weighted by Gasteiger charge is -2.34. The van der Waals surface area contributed by atoms with Crippen molar-refractivity contribution in [1.82, 2.24) is 9.88 Å². The zero-order valence-corrected chi connectivity index (χ0v) is 17.2. The first-order valence-electron chi connectivity index (χ1n) is 9.32. The molecule has 0 radical (unpaired) electrons. The molecule has 10 heteroatoms. The van der Waals surface area contributed by atoms with Gasteiger partial charge in [0.2, 0.25) is 5.43 Å². The van der Waals surface area contributed by atoms with Gasteiger partial charge in [-0.25, -0.2) is 18.0 Å². The molecule has 2 N–H and O–H groups in total. The van der Waals surface area contributed by atoms with Crippen molar-refractivity contribution in [3.05, 3.63) is 69.8 Å². The molecule has 1 fully saturated rings. The fraction of sp³-hybridized carbons (Fsp3) is 0.238. The lowest BCUT2D eigenvalue weighted by atomic mass is 10.1. The lowest BCUT2D eigenvalue weighted by Crippen LogP contribution is -2.49. The molecule has 1 atom stereocenters. The zero-order chi connectivity index (χ0) is 21.6. The molecule has 1 aliphatic heterocycles. The highest BCUT2D eigenvalue weighted by Crippen LogP contribution is 2.28. The summed E-state index contributed by atoms with van der Waals surface area (Å²) in [6.07, 6.45) is 0.978. The number of pyridine rings is 1. The van der Waals surface area contributed by atoms with Crippen LogP contribution in [0.15, 0.2) is 41.3 Å². The van der Waals surface area contributed by atoms with Gasteiger partial charge in [-0.15, -0.1) is 12.4 Å². The third-order valence-electron chi connectivity index (χ3n) is 5.18. The molecule has 4 rings (SSSR count). The predicted octanol–water partition coefficient (Wildman–Crippen LogP) is 3.33. The van der Waals surface area contributed by atoms with Crippen LogP contribution in [-0.2, 0) is 0 Å². The third-order valence-corrected chi connectivity index (χ3v) is 5.18. The van der Waals surface area contributed by atoms with E-state index in [1.807, 2.05) is 6.92 Å². The number of aromatic carboxylic acids is 1. The van der Waals surface area contributed by atoms with Crippen molar-refractivity contribution in [3.8, 4) is 5.69 Å². The molecule has 1 aromatic heterocycles. The van der Waals surface area contributed by atoms with Crippen molar-refractivity contribution in [1.29, 1.82) is 0 Å². The molecule has 164 valence electrons. The number of hydrogen-bond acceptors (Lipinski definition) is 4. The summed E-state index contributed by atoms with van der Waals surface area (Å²) < 4.78 is 44.0. The standard InChI is InChI=1S/C21H18F3N3O3.ClH/c1-11-9-26(5-4-25-11)19-8-18-13(7-16(19)24)20(28)14(21(29)30)10-27(18)17-3-2-12(22)6-15(17)23;/h2-3,6-8,10-11,25H,4-5,9H2,1H3,(H,29,30);1H/t11-;/m0./s1. The fourth-order valence-corrected chi connectivity index (χ4v) is 3.76. The number of nitrogens with zero attached hydrogens (tertiary/aromatic N) is 2. The van der Waals surface area contributed by atoms with Crippen molar-refractivity contribution < 1.29 is 23.1 Å². The van der Waals surface area contributed by atoms with E-state index in [2.05, 4.69) is 5.32 Å². The Morgan fingerprint density at radius 3 is 2.48 bits per heavy atom. The van der Waals surface area contributed by atoms with Crippen molar-refractivity contribution in [2.24, 2.45) is 0 Å². The molecule has 2 aromatic carbocycles. The molecule has 3 aromatic rings. The fourth-order valence-electron chi connectivity index (χ4n) is 3.76. The Hall–Kier alpha value is -3.04. The highest BCUT2D eigenvalue weighted by molar-refractivity contribution is 5.94. The van der Waals surface area contributed by atoms with Crippen molar-refractivity contribution in [3.63, 3.8) is 0 Å². The molecule has 1 aliphatic rings. The number of piperazine rings is 1. The van der Waals surface area contributed by atoms with Crippen LogP contribution in [-0.4, -0.2) is 41.3 Å². The van der Waals surface area contributed by atoms with Crippen LogP contribution in [0.2, 0.25) is 0 Å². The molecule has 1 saturated heterocycles. The van der Waals surface area contributed by atoms with Gasteiger partial charge in [0.15, 0.2) is 0 Å². The Morgan fingerprint density at radius 2 is 1.84 bits per heavy atom. The maximum atomic E-state index is 14.9. The molecule has 0 amide bonds. The molecular formula is C21H19ClF3N3O3. The maximum absolute atomic E-state index is 14.9. The molecule has 6 nitrogen and oxygen atoms in total. The first-order chi connectivity index (χ1) is 14.3. The number of hydrogen-bond donors (Lipinski definition) is 2. The second kappa shape index (κ2) is 8.60. The number of carboxylic acid groups (broad SMARTS) is 1. The highest BCUT2D eigenvalue weighted by atomic mass is 35.5. The molecule has 0 saturated carbocycles. The Kier molecular flexibility index (Phi) is 6.28. The summed E-state index contributed by atoms with van der Waals surface area (Å²) >= 11 is 0. The molecule has 0 spiro atoms. The van der Waals surface area contributed by atoms with E-state index in [9.17, 15) is 27.9 Å². The van der Waals surface area contributed by atoms with E-state index >= 15 is 0 Å². The SMILES string of the molecule is C[C@H]1CN(c2cc3c(cc2F)c(=O)c(C(=O)O)cn3-c2ccc(F)cc2F)CCN1.Cl. The second-order valence-electron chi connectivity index (χ2n) is 7.26. The number of nitrogens with one attached hydrogen (secondary N) is 1.